The van der Waals surface area contributed by atoms with Gasteiger partial charge in [-0.3, -0.25) is 10.1 Å². The fourth-order valence-electron chi connectivity index (χ4n) is 1.70. The van der Waals surface area contributed by atoms with Crippen LogP contribution >= 0.6 is 0 Å². The lowest BCUT2D eigenvalue weighted by molar-refractivity contribution is -0.387. The molecule has 1 aromatic rings. The highest BCUT2D eigenvalue weighted by molar-refractivity contribution is 5.34. The molecular weight excluding hydrogens is 239 g/mol. The van der Waals surface area contributed by atoms with Crippen molar-refractivity contribution in [2.24, 2.45) is 0 Å². The molecule has 0 bridgehead atoms. The summed E-state index contributed by atoms with van der Waals surface area (Å²) in [4.78, 5) is 9.70. The molecule has 6 heteroatoms. The largest absolute Gasteiger partial charge is 0.393 e. The molecule has 0 aliphatic carbocycles. The van der Waals surface area contributed by atoms with Crippen molar-refractivity contribution in [1.29, 1.82) is 0 Å². The maximum Gasteiger partial charge on any atom is 0.304 e. The van der Waals surface area contributed by atoms with E-state index in [0.29, 0.717) is 18.5 Å². The van der Waals surface area contributed by atoms with Crippen molar-refractivity contribution >= 4 is 5.69 Å². The SMILES string of the molecule is CC(O)CC(C)NCc1ccc([N+](=O)[O-])c(F)c1. The molecule has 2 N–H and O–H groups in total. The number of hydrogen-bond donors (Lipinski definition) is 2. The zero-order chi connectivity index (χ0) is 13.7. The Kier molecular flexibility index (Phi) is 5.18. The number of nitro groups is 1. The molecule has 100 valence electrons. The number of nitrogens with one attached hydrogen (secondary N) is 1. The number of nitro benzene ring substituents is 1. The van der Waals surface area contributed by atoms with Crippen LogP contribution in [-0.2, 0) is 6.54 Å². The van der Waals surface area contributed by atoms with Crippen LogP contribution in [0.4, 0.5) is 10.1 Å². The first-order valence-electron chi connectivity index (χ1n) is 5.74. The van der Waals surface area contributed by atoms with Gasteiger partial charge in [0.15, 0.2) is 0 Å². The van der Waals surface area contributed by atoms with Gasteiger partial charge in [0.2, 0.25) is 5.82 Å². The second-order valence-corrected chi connectivity index (χ2v) is 4.41. The minimum absolute atomic E-state index is 0.0863. The molecule has 0 spiro atoms. The summed E-state index contributed by atoms with van der Waals surface area (Å²) in [5.74, 6) is -0.831. The number of halogens is 1. The predicted octanol–water partition coefficient (Wildman–Crippen LogP) is 1.98. The Labute approximate surface area is 105 Å². The summed E-state index contributed by atoms with van der Waals surface area (Å²) in [5, 5.41) is 22.7. The number of hydrogen-bond acceptors (Lipinski definition) is 4. The van der Waals surface area contributed by atoms with Gasteiger partial charge in [-0.25, -0.2) is 0 Å². The average Bonchev–Trinajstić information content (AvgIpc) is 2.25. The van der Waals surface area contributed by atoms with Gasteiger partial charge in [-0.1, -0.05) is 6.07 Å². The van der Waals surface area contributed by atoms with E-state index in [1.807, 2.05) is 6.92 Å². The zero-order valence-corrected chi connectivity index (χ0v) is 10.4. The molecule has 0 aliphatic heterocycles. The van der Waals surface area contributed by atoms with Crippen LogP contribution in [0.1, 0.15) is 25.8 Å². The monoisotopic (exact) mass is 256 g/mol. The summed E-state index contributed by atoms with van der Waals surface area (Å²) in [7, 11) is 0. The summed E-state index contributed by atoms with van der Waals surface area (Å²) >= 11 is 0. The second kappa shape index (κ2) is 6.42. The van der Waals surface area contributed by atoms with Crippen LogP contribution in [0.25, 0.3) is 0 Å². The number of rotatable bonds is 6. The molecule has 2 atom stereocenters. The van der Waals surface area contributed by atoms with Gasteiger partial charge in [0.05, 0.1) is 11.0 Å². The third-order valence-electron chi connectivity index (χ3n) is 2.56. The third-order valence-corrected chi connectivity index (χ3v) is 2.56. The second-order valence-electron chi connectivity index (χ2n) is 4.41. The van der Waals surface area contributed by atoms with Crippen LogP contribution in [-0.4, -0.2) is 22.2 Å². The maximum absolute atomic E-state index is 13.3. The summed E-state index contributed by atoms with van der Waals surface area (Å²) in [6.45, 7) is 4.01. The van der Waals surface area contributed by atoms with E-state index in [9.17, 15) is 19.6 Å². The molecule has 0 aromatic heterocycles. The Balaban J connectivity index is 2.58. The molecular formula is C12H17FN2O3. The first kappa shape index (κ1) is 14.5. The van der Waals surface area contributed by atoms with Crippen molar-refractivity contribution < 1.29 is 14.4 Å². The van der Waals surface area contributed by atoms with Gasteiger partial charge in [0.25, 0.3) is 0 Å². The van der Waals surface area contributed by atoms with Gasteiger partial charge in [-0.05, 0) is 31.9 Å². The van der Waals surface area contributed by atoms with Crippen molar-refractivity contribution in [2.45, 2.75) is 39.0 Å². The smallest absolute Gasteiger partial charge is 0.304 e. The van der Waals surface area contributed by atoms with E-state index >= 15 is 0 Å². The number of nitrogens with zero attached hydrogens (tertiary/aromatic N) is 1. The van der Waals surface area contributed by atoms with Crippen LogP contribution in [0.3, 0.4) is 0 Å². The molecule has 2 unspecified atom stereocenters. The molecule has 1 aromatic carbocycles. The standard InChI is InChI=1S/C12H17FN2O3/c1-8(5-9(2)16)14-7-10-3-4-12(15(17)18)11(13)6-10/h3-4,6,8-9,14,16H,5,7H2,1-2H3. The van der Waals surface area contributed by atoms with Crippen LogP contribution < -0.4 is 5.32 Å². The van der Waals surface area contributed by atoms with Gasteiger partial charge in [-0.2, -0.15) is 4.39 Å². The topological polar surface area (TPSA) is 75.4 Å². The molecule has 0 fully saturated rings. The molecule has 0 aliphatic rings. The number of aliphatic hydroxyl groups is 1. The minimum atomic E-state index is -0.831. The first-order valence-corrected chi connectivity index (χ1v) is 5.74. The molecule has 18 heavy (non-hydrogen) atoms. The molecule has 0 heterocycles. The zero-order valence-electron chi connectivity index (χ0n) is 10.4. The average molecular weight is 256 g/mol. The van der Waals surface area contributed by atoms with Crippen molar-refractivity contribution in [1.82, 2.24) is 5.32 Å². The lowest BCUT2D eigenvalue weighted by Crippen LogP contribution is -2.28. The van der Waals surface area contributed by atoms with E-state index in [1.165, 1.54) is 6.07 Å². The Morgan fingerprint density at radius 3 is 2.67 bits per heavy atom. The molecule has 0 saturated heterocycles. The molecule has 5 nitrogen and oxygen atoms in total. The Morgan fingerprint density at radius 2 is 2.17 bits per heavy atom. The Morgan fingerprint density at radius 1 is 1.50 bits per heavy atom. The van der Waals surface area contributed by atoms with E-state index in [4.69, 9.17) is 0 Å². The fourth-order valence-corrected chi connectivity index (χ4v) is 1.70. The van der Waals surface area contributed by atoms with Gasteiger partial charge in [0.1, 0.15) is 0 Å². The van der Waals surface area contributed by atoms with Crippen molar-refractivity contribution in [3.8, 4) is 0 Å². The van der Waals surface area contributed by atoms with E-state index < -0.39 is 22.5 Å². The highest BCUT2D eigenvalue weighted by Crippen LogP contribution is 2.17. The van der Waals surface area contributed by atoms with E-state index in [-0.39, 0.29) is 6.04 Å². The summed E-state index contributed by atoms with van der Waals surface area (Å²) in [6.07, 6.45) is 0.191. The van der Waals surface area contributed by atoms with Crippen LogP contribution in [0.15, 0.2) is 18.2 Å². The molecule has 1 rings (SSSR count). The van der Waals surface area contributed by atoms with Crippen LogP contribution in [0, 0.1) is 15.9 Å². The van der Waals surface area contributed by atoms with Crippen molar-refractivity contribution in [2.75, 3.05) is 0 Å². The summed E-state index contributed by atoms with van der Waals surface area (Å²) in [5.41, 5.74) is 0.117. The van der Waals surface area contributed by atoms with E-state index in [0.717, 1.165) is 12.1 Å². The Bertz CT molecular complexity index is 424. The quantitative estimate of drug-likeness (QED) is 0.603. The van der Waals surface area contributed by atoms with E-state index in [2.05, 4.69) is 5.32 Å². The fraction of sp³-hybridized carbons (Fsp3) is 0.500. The molecule has 0 radical (unpaired) electrons. The number of aliphatic hydroxyl groups excluding tert-OH is 1. The lowest BCUT2D eigenvalue weighted by Gasteiger charge is -2.15. The number of benzene rings is 1. The highest BCUT2D eigenvalue weighted by atomic mass is 19.1. The minimum Gasteiger partial charge on any atom is -0.393 e. The normalized spacial score (nSPS) is 14.2. The lowest BCUT2D eigenvalue weighted by atomic mass is 10.1. The van der Waals surface area contributed by atoms with Gasteiger partial charge >= 0.3 is 5.69 Å². The highest BCUT2D eigenvalue weighted by Gasteiger charge is 2.14. The molecule has 0 amide bonds. The van der Waals surface area contributed by atoms with Crippen molar-refractivity contribution in [3.05, 3.63) is 39.7 Å². The summed E-state index contributed by atoms with van der Waals surface area (Å²) < 4.78 is 13.3. The predicted molar refractivity (Wildman–Crippen MR) is 65.7 cm³/mol. The first-order chi connectivity index (χ1) is 8.40. The van der Waals surface area contributed by atoms with Gasteiger partial charge in [-0.15, -0.1) is 0 Å². The third kappa shape index (κ3) is 4.38. The molecule has 0 saturated carbocycles. The Hall–Kier alpha value is -1.53. The van der Waals surface area contributed by atoms with E-state index in [1.54, 1.807) is 6.92 Å². The van der Waals surface area contributed by atoms with Crippen molar-refractivity contribution in [3.63, 3.8) is 0 Å². The maximum atomic E-state index is 13.3. The van der Waals surface area contributed by atoms with Gasteiger partial charge in [0, 0.05) is 18.7 Å². The van der Waals surface area contributed by atoms with Gasteiger partial charge < -0.3 is 10.4 Å². The van der Waals surface area contributed by atoms with Crippen LogP contribution in [0.5, 0.6) is 0 Å². The van der Waals surface area contributed by atoms with Crippen LogP contribution in [0.2, 0.25) is 0 Å². The summed E-state index contributed by atoms with van der Waals surface area (Å²) in [6, 6.07) is 3.91.